The lowest BCUT2D eigenvalue weighted by atomic mass is 10.0. The van der Waals surface area contributed by atoms with Crippen molar-refractivity contribution in [1.82, 2.24) is 15.4 Å². The van der Waals surface area contributed by atoms with Gasteiger partial charge in [0.05, 0.1) is 12.5 Å². The Morgan fingerprint density at radius 1 is 1.63 bits per heavy atom. The van der Waals surface area contributed by atoms with Crippen molar-refractivity contribution in [2.24, 2.45) is 5.92 Å². The molecule has 2 rings (SSSR count). The molecule has 1 aromatic heterocycles. The number of urea groups is 1. The second kappa shape index (κ2) is 5.29. The van der Waals surface area contributed by atoms with E-state index in [1.54, 1.807) is 24.8 Å². The molecule has 0 aromatic carbocycles. The largest absolute Gasteiger partial charge is 0.481 e. The molecule has 0 aliphatic carbocycles. The second-order valence-electron chi connectivity index (χ2n) is 4.76. The third kappa shape index (κ3) is 2.86. The quantitative estimate of drug-likeness (QED) is 0.851. The Morgan fingerprint density at radius 2 is 2.37 bits per heavy atom. The van der Waals surface area contributed by atoms with Crippen LogP contribution in [0.1, 0.15) is 24.8 Å². The van der Waals surface area contributed by atoms with Crippen LogP contribution in [0.25, 0.3) is 0 Å². The molecule has 0 radical (unpaired) electrons. The summed E-state index contributed by atoms with van der Waals surface area (Å²) in [7, 11) is 0. The third-order valence-corrected chi connectivity index (χ3v) is 3.43. The first-order valence-electron chi connectivity index (χ1n) is 6.18. The molecule has 2 amide bonds. The summed E-state index contributed by atoms with van der Waals surface area (Å²) in [6.45, 7) is 4.27. The maximum Gasteiger partial charge on any atom is 0.317 e. The number of amides is 2. The Kier molecular flexibility index (Phi) is 3.73. The molecule has 1 aliphatic heterocycles. The van der Waals surface area contributed by atoms with Crippen molar-refractivity contribution in [3.05, 3.63) is 17.5 Å². The summed E-state index contributed by atoms with van der Waals surface area (Å²) < 4.78 is 4.90. The van der Waals surface area contributed by atoms with E-state index >= 15 is 0 Å². The van der Waals surface area contributed by atoms with E-state index in [2.05, 4.69) is 10.5 Å². The van der Waals surface area contributed by atoms with Gasteiger partial charge in [-0.1, -0.05) is 5.16 Å². The summed E-state index contributed by atoms with van der Waals surface area (Å²) in [5.74, 6) is -0.653. The van der Waals surface area contributed by atoms with E-state index in [-0.39, 0.29) is 18.6 Å². The molecule has 2 N–H and O–H groups in total. The first-order chi connectivity index (χ1) is 8.99. The fraction of sp³-hybridized carbons (Fsp3) is 0.583. The highest BCUT2D eigenvalue weighted by atomic mass is 16.5. The number of aromatic nitrogens is 1. The predicted molar refractivity (Wildman–Crippen MR) is 65.4 cm³/mol. The number of aryl methyl sites for hydroxylation is 1. The van der Waals surface area contributed by atoms with Gasteiger partial charge in [-0.15, -0.1) is 0 Å². The van der Waals surface area contributed by atoms with E-state index in [4.69, 9.17) is 9.63 Å². The zero-order valence-electron chi connectivity index (χ0n) is 10.9. The van der Waals surface area contributed by atoms with E-state index in [1.165, 1.54) is 0 Å². The minimum absolute atomic E-state index is 0.267. The molecule has 1 aromatic rings. The zero-order valence-corrected chi connectivity index (χ0v) is 10.9. The first-order valence-corrected chi connectivity index (χ1v) is 6.18. The van der Waals surface area contributed by atoms with Gasteiger partial charge in [-0.2, -0.15) is 0 Å². The van der Waals surface area contributed by atoms with Crippen LogP contribution in [0.5, 0.6) is 0 Å². The summed E-state index contributed by atoms with van der Waals surface area (Å²) >= 11 is 0. The Balaban J connectivity index is 1.89. The topological polar surface area (TPSA) is 95.7 Å². The van der Waals surface area contributed by atoms with Crippen LogP contribution in [-0.4, -0.2) is 39.8 Å². The number of carboxylic acid groups (broad SMARTS) is 1. The minimum atomic E-state index is -0.852. The lowest BCUT2D eigenvalue weighted by Gasteiger charge is -2.23. The molecule has 19 heavy (non-hydrogen) atoms. The molecular formula is C12H17N3O4. The maximum absolute atomic E-state index is 12.0. The van der Waals surface area contributed by atoms with Crippen LogP contribution in [0, 0.1) is 12.8 Å². The molecule has 2 unspecified atom stereocenters. The average molecular weight is 267 g/mol. The van der Waals surface area contributed by atoms with Gasteiger partial charge >= 0.3 is 12.0 Å². The highest BCUT2D eigenvalue weighted by Crippen LogP contribution is 2.24. The Bertz CT molecular complexity index is 485. The highest BCUT2D eigenvalue weighted by Gasteiger charge is 2.37. The lowest BCUT2D eigenvalue weighted by Crippen LogP contribution is -2.43. The van der Waals surface area contributed by atoms with Crippen LogP contribution in [0.4, 0.5) is 4.79 Å². The number of carboxylic acids is 1. The predicted octanol–water partition coefficient (Wildman–Crippen LogP) is 0.988. The molecule has 2 atom stereocenters. The Labute approximate surface area is 110 Å². The van der Waals surface area contributed by atoms with Crippen LogP contribution in [0.15, 0.2) is 10.6 Å². The van der Waals surface area contributed by atoms with E-state index < -0.39 is 11.9 Å². The third-order valence-electron chi connectivity index (χ3n) is 3.43. The SMILES string of the molecule is Cc1cc(CNC(=O)N2CCC(C(=O)O)C2C)no1. The second-order valence-corrected chi connectivity index (χ2v) is 4.76. The maximum atomic E-state index is 12.0. The number of rotatable bonds is 3. The molecule has 2 heterocycles. The van der Waals surface area contributed by atoms with Crippen LogP contribution in [-0.2, 0) is 11.3 Å². The van der Waals surface area contributed by atoms with Crippen molar-refractivity contribution >= 4 is 12.0 Å². The van der Waals surface area contributed by atoms with E-state index in [1.807, 2.05) is 0 Å². The molecule has 0 saturated carbocycles. The van der Waals surface area contributed by atoms with Crippen LogP contribution in [0.3, 0.4) is 0 Å². The number of carbonyl (C=O) groups excluding carboxylic acids is 1. The smallest absolute Gasteiger partial charge is 0.317 e. The summed E-state index contributed by atoms with van der Waals surface area (Å²) in [5, 5.41) is 15.5. The number of hydrogen-bond acceptors (Lipinski definition) is 4. The number of likely N-dealkylation sites (tertiary alicyclic amines) is 1. The number of nitrogens with one attached hydrogen (secondary N) is 1. The standard InChI is InChI=1S/C12H17N3O4/c1-7-5-9(14-19-7)6-13-12(18)15-4-3-10(8(15)2)11(16)17/h5,8,10H,3-4,6H2,1-2H3,(H,13,18)(H,16,17). The van der Waals surface area contributed by atoms with Gasteiger partial charge < -0.3 is 19.8 Å². The molecule has 7 heteroatoms. The fourth-order valence-electron chi connectivity index (χ4n) is 2.33. The molecule has 1 aliphatic rings. The summed E-state index contributed by atoms with van der Waals surface area (Å²) in [4.78, 5) is 24.5. The highest BCUT2D eigenvalue weighted by molar-refractivity contribution is 5.78. The van der Waals surface area contributed by atoms with E-state index in [0.717, 1.165) is 0 Å². The molecule has 1 fully saturated rings. The van der Waals surface area contributed by atoms with Crippen LogP contribution in [0.2, 0.25) is 0 Å². The molecule has 7 nitrogen and oxygen atoms in total. The van der Waals surface area contributed by atoms with Crippen LogP contribution < -0.4 is 5.32 Å². The van der Waals surface area contributed by atoms with Gasteiger partial charge in [0.2, 0.25) is 0 Å². The monoisotopic (exact) mass is 267 g/mol. The number of nitrogens with zero attached hydrogens (tertiary/aromatic N) is 2. The molecule has 1 saturated heterocycles. The van der Waals surface area contributed by atoms with Gasteiger partial charge in [-0.25, -0.2) is 4.79 Å². The van der Waals surface area contributed by atoms with Gasteiger partial charge in [0, 0.05) is 18.7 Å². The number of aliphatic carboxylic acids is 1. The Morgan fingerprint density at radius 3 is 2.89 bits per heavy atom. The van der Waals surface area contributed by atoms with Crippen molar-refractivity contribution in [3.8, 4) is 0 Å². The summed E-state index contributed by atoms with van der Waals surface area (Å²) in [6, 6.07) is 1.18. The van der Waals surface area contributed by atoms with Gasteiger partial charge in [0.25, 0.3) is 0 Å². The average Bonchev–Trinajstić information content (AvgIpc) is 2.92. The van der Waals surface area contributed by atoms with E-state index in [9.17, 15) is 9.59 Å². The van der Waals surface area contributed by atoms with Gasteiger partial charge in [0.15, 0.2) is 0 Å². The van der Waals surface area contributed by atoms with Gasteiger partial charge in [-0.3, -0.25) is 4.79 Å². The minimum Gasteiger partial charge on any atom is -0.481 e. The molecule has 0 bridgehead atoms. The van der Waals surface area contributed by atoms with Gasteiger partial charge in [-0.05, 0) is 20.3 Å². The van der Waals surface area contributed by atoms with Crippen molar-refractivity contribution < 1.29 is 19.2 Å². The summed E-state index contributed by atoms with van der Waals surface area (Å²) in [6.07, 6.45) is 0.493. The van der Waals surface area contributed by atoms with Crippen molar-refractivity contribution in [1.29, 1.82) is 0 Å². The fourth-order valence-corrected chi connectivity index (χ4v) is 2.33. The lowest BCUT2D eigenvalue weighted by molar-refractivity contribution is -0.142. The van der Waals surface area contributed by atoms with Crippen molar-refractivity contribution in [3.63, 3.8) is 0 Å². The van der Waals surface area contributed by atoms with Crippen LogP contribution >= 0.6 is 0 Å². The molecule has 0 spiro atoms. The molecular weight excluding hydrogens is 250 g/mol. The van der Waals surface area contributed by atoms with Crippen molar-refractivity contribution in [2.45, 2.75) is 32.9 Å². The van der Waals surface area contributed by atoms with E-state index in [0.29, 0.717) is 24.4 Å². The van der Waals surface area contributed by atoms with Gasteiger partial charge in [0.1, 0.15) is 11.5 Å². The normalized spacial score (nSPS) is 22.5. The summed E-state index contributed by atoms with van der Waals surface area (Å²) in [5.41, 5.74) is 0.646. The van der Waals surface area contributed by atoms with Crippen molar-refractivity contribution in [2.75, 3.05) is 6.54 Å². The Hall–Kier alpha value is -2.05. The first kappa shape index (κ1) is 13.4. The molecule has 104 valence electrons. The number of carbonyl (C=O) groups is 2. The zero-order chi connectivity index (χ0) is 14.0. The number of hydrogen-bond donors (Lipinski definition) is 2.